The molecule has 2 aromatic rings. The van der Waals surface area contributed by atoms with Crippen LogP contribution in [0, 0.1) is 0 Å². The Hall–Kier alpha value is -2.67. The second-order valence-corrected chi connectivity index (χ2v) is 6.67. The van der Waals surface area contributed by atoms with E-state index in [1.165, 1.54) is 29.8 Å². The fourth-order valence-corrected chi connectivity index (χ4v) is 3.28. The zero-order valence-corrected chi connectivity index (χ0v) is 15.8. The van der Waals surface area contributed by atoms with Crippen molar-refractivity contribution in [3.8, 4) is 11.5 Å². The number of methoxy groups -OCH3 is 1. The first kappa shape index (κ1) is 20.1. The molecule has 28 heavy (non-hydrogen) atoms. The fraction of sp³-hybridized carbons (Fsp3) is 0.381. The highest BCUT2D eigenvalue weighted by molar-refractivity contribution is 5.94. The van der Waals surface area contributed by atoms with E-state index in [0.717, 1.165) is 31.8 Å². The fourth-order valence-electron chi connectivity index (χ4n) is 3.28. The van der Waals surface area contributed by atoms with Gasteiger partial charge in [0.2, 0.25) is 0 Å². The van der Waals surface area contributed by atoms with Crippen LogP contribution in [-0.4, -0.2) is 55.6 Å². The lowest BCUT2D eigenvalue weighted by Crippen LogP contribution is -2.35. The van der Waals surface area contributed by atoms with Crippen molar-refractivity contribution in [2.75, 3.05) is 33.3 Å². The normalized spacial score (nSPS) is 15.4. The van der Waals surface area contributed by atoms with Gasteiger partial charge in [0.25, 0.3) is 5.91 Å². The Bertz CT molecular complexity index is 766. The predicted octanol–water partition coefficient (Wildman–Crippen LogP) is 3.64. The van der Waals surface area contributed by atoms with Crippen molar-refractivity contribution in [1.82, 2.24) is 9.80 Å². The Balaban J connectivity index is 1.55. The minimum absolute atomic E-state index is 0.0492. The van der Waals surface area contributed by atoms with E-state index in [1.54, 1.807) is 7.11 Å². The van der Waals surface area contributed by atoms with Gasteiger partial charge >= 0.3 is 6.61 Å². The molecule has 1 heterocycles. The summed E-state index contributed by atoms with van der Waals surface area (Å²) in [5, 5.41) is 0. The zero-order chi connectivity index (χ0) is 19.9. The molecule has 150 valence electrons. The van der Waals surface area contributed by atoms with Gasteiger partial charge in [-0.25, -0.2) is 0 Å². The van der Waals surface area contributed by atoms with Crippen LogP contribution in [0.25, 0.3) is 0 Å². The van der Waals surface area contributed by atoms with Crippen molar-refractivity contribution in [3.05, 3.63) is 59.7 Å². The SMILES string of the molecule is COc1ccc(CN2CCCN(C(=O)c3ccc(OC(F)F)cc3)CC2)cc1. The Kier molecular flexibility index (Phi) is 6.81. The van der Waals surface area contributed by atoms with Crippen molar-refractivity contribution in [3.63, 3.8) is 0 Å². The van der Waals surface area contributed by atoms with Gasteiger partial charge in [-0.3, -0.25) is 9.69 Å². The highest BCUT2D eigenvalue weighted by atomic mass is 19.3. The summed E-state index contributed by atoms with van der Waals surface area (Å²) >= 11 is 0. The van der Waals surface area contributed by atoms with E-state index in [2.05, 4.69) is 21.8 Å². The number of halogens is 2. The lowest BCUT2D eigenvalue weighted by atomic mass is 10.2. The maximum absolute atomic E-state index is 12.7. The van der Waals surface area contributed by atoms with Crippen LogP contribution < -0.4 is 9.47 Å². The third-order valence-electron chi connectivity index (χ3n) is 4.77. The minimum Gasteiger partial charge on any atom is -0.497 e. The number of rotatable bonds is 6. The molecular weight excluding hydrogens is 366 g/mol. The van der Waals surface area contributed by atoms with Crippen molar-refractivity contribution in [2.24, 2.45) is 0 Å². The van der Waals surface area contributed by atoms with Crippen LogP contribution in [0.4, 0.5) is 8.78 Å². The summed E-state index contributed by atoms with van der Waals surface area (Å²) in [6, 6.07) is 13.8. The molecule has 1 fully saturated rings. The first-order chi connectivity index (χ1) is 13.5. The van der Waals surface area contributed by atoms with Crippen LogP contribution in [0.15, 0.2) is 48.5 Å². The van der Waals surface area contributed by atoms with Crippen molar-refractivity contribution < 1.29 is 23.0 Å². The standard InChI is InChI=1S/C21H24F2N2O3/c1-27-18-7-3-16(4-8-18)15-24-11-2-12-25(14-13-24)20(26)17-5-9-19(10-6-17)28-21(22)23/h3-10,21H,2,11-15H2,1H3. The van der Waals surface area contributed by atoms with Gasteiger partial charge in [0, 0.05) is 38.3 Å². The third kappa shape index (κ3) is 5.42. The highest BCUT2D eigenvalue weighted by Gasteiger charge is 2.20. The summed E-state index contributed by atoms with van der Waals surface area (Å²) in [4.78, 5) is 16.9. The molecule has 0 aliphatic carbocycles. The second kappa shape index (κ2) is 9.50. The largest absolute Gasteiger partial charge is 0.497 e. The molecule has 5 nitrogen and oxygen atoms in total. The number of carbonyl (C=O) groups excluding carboxylic acids is 1. The Morgan fingerprint density at radius 3 is 2.29 bits per heavy atom. The lowest BCUT2D eigenvalue weighted by Gasteiger charge is -2.22. The van der Waals surface area contributed by atoms with Crippen LogP contribution in [0.2, 0.25) is 0 Å². The van der Waals surface area contributed by atoms with Gasteiger partial charge in [-0.15, -0.1) is 0 Å². The lowest BCUT2D eigenvalue weighted by molar-refractivity contribution is -0.0498. The van der Waals surface area contributed by atoms with Crippen LogP contribution >= 0.6 is 0 Å². The summed E-state index contributed by atoms with van der Waals surface area (Å²) in [5.74, 6) is 0.796. The molecule has 0 saturated carbocycles. The second-order valence-electron chi connectivity index (χ2n) is 6.67. The number of benzene rings is 2. The van der Waals surface area contributed by atoms with Crippen LogP contribution in [0.3, 0.4) is 0 Å². The van der Waals surface area contributed by atoms with Crippen LogP contribution in [0.5, 0.6) is 11.5 Å². The van der Waals surface area contributed by atoms with Gasteiger partial charge in [-0.05, 0) is 48.4 Å². The molecule has 0 radical (unpaired) electrons. The summed E-state index contributed by atoms with van der Waals surface area (Å²) in [5.41, 5.74) is 1.68. The number of amides is 1. The van der Waals surface area contributed by atoms with E-state index in [4.69, 9.17) is 4.74 Å². The molecule has 1 aliphatic heterocycles. The summed E-state index contributed by atoms with van der Waals surface area (Å²) in [6.45, 7) is 0.952. The first-order valence-corrected chi connectivity index (χ1v) is 9.24. The van der Waals surface area contributed by atoms with Crippen molar-refractivity contribution >= 4 is 5.91 Å². The zero-order valence-electron chi connectivity index (χ0n) is 15.8. The van der Waals surface area contributed by atoms with Gasteiger partial charge in [0.05, 0.1) is 7.11 Å². The minimum atomic E-state index is -2.87. The quantitative estimate of drug-likeness (QED) is 0.755. The maximum Gasteiger partial charge on any atom is 0.387 e. The van der Waals surface area contributed by atoms with E-state index in [1.807, 2.05) is 17.0 Å². The average molecular weight is 390 g/mol. The molecular formula is C21H24F2N2O3. The van der Waals surface area contributed by atoms with Crippen LogP contribution in [-0.2, 0) is 6.54 Å². The van der Waals surface area contributed by atoms with E-state index in [0.29, 0.717) is 18.7 Å². The average Bonchev–Trinajstić information content (AvgIpc) is 2.94. The van der Waals surface area contributed by atoms with Crippen molar-refractivity contribution in [1.29, 1.82) is 0 Å². The van der Waals surface area contributed by atoms with Gasteiger partial charge in [0.15, 0.2) is 0 Å². The smallest absolute Gasteiger partial charge is 0.387 e. The number of ether oxygens (including phenoxy) is 2. The van der Waals surface area contributed by atoms with E-state index in [9.17, 15) is 13.6 Å². The molecule has 1 amide bonds. The number of alkyl halides is 2. The van der Waals surface area contributed by atoms with Gasteiger partial charge < -0.3 is 14.4 Å². The number of nitrogens with zero attached hydrogens (tertiary/aromatic N) is 2. The van der Waals surface area contributed by atoms with E-state index in [-0.39, 0.29) is 11.7 Å². The van der Waals surface area contributed by atoms with Gasteiger partial charge in [-0.2, -0.15) is 8.78 Å². The monoisotopic (exact) mass is 390 g/mol. The first-order valence-electron chi connectivity index (χ1n) is 9.24. The molecule has 0 bridgehead atoms. The van der Waals surface area contributed by atoms with Crippen molar-refractivity contribution in [2.45, 2.75) is 19.6 Å². The molecule has 0 unspecified atom stereocenters. The number of hydrogen-bond acceptors (Lipinski definition) is 4. The van der Waals surface area contributed by atoms with Crippen LogP contribution in [0.1, 0.15) is 22.3 Å². The maximum atomic E-state index is 12.7. The predicted molar refractivity (Wildman–Crippen MR) is 102 cm³/mol. The molecule has 0 atom stereocenters. The van der Waals surface area contributed by atoms with E-state index < -0.39 is 6.61 Å². The summed E-state index contributed by atoms with van der Waals surface area (Å²) in [7, 11) is 1.65. The Morgan fingerprint density at radius 1 is 0.964 bits per heavy atom. The highest BCUT2D eigenvalue weighted by Crippen LogP contribution is 2.18. The number of carbonyl (C=O) groups is 1. The summed E-state index contributed by atoms with van der Waals surface area (Å²) in [6.07, 6.45) is 0.883. The van der Waals surface area contributed by atoms with Gasteiger partial charge in [-0.1, -0.05) is 12.1 Å². The Morgan fingerprint density at radius 2 is 1.64 bits per heavy atom. The molecule has 7 heteroatoms. The topological polar surface area (TPSA) is 42.0 Å². The molecule has 0 N–H and O–H groups in total. The Labute approximate surface area is 163 Å². The molecule has 0 spiro atoms. The molecule has 0 aromatic heterocycles. The molecule has 1 aliphatic rings. The summed E-state index contributed by atoms with van der Waals surface area (Å²) < 4.78 is 34.0. The van der Waals surface area contributed by atoms with Gasteiger partial charge in [0.1, 0.15) is 11.5 Å². The molecule has 3 rings (SSSR count). The third-order valence-corrected chi connectivity index (χ3v) is 4.77. The molecule has 2 aromatic carbocycles. The number of hydrogen-bond donors (Lipinski definition) is 0. The molecule has 1 saturated heterocycles. The van der Waals surface area contributed by atoms with E-state index >= 15 is 0 Å².